The Morgan fingerprint density at radius 3 is 1.14 bits per heavy atom. The highest BCUT2D eigenvalue weighted by molar-refractivity contribution is 5.69. The fourth-order valence-electron chi connectivity index (χ4n) is 3.35. The normalized spacial score (nSPS) is 10.8. The van der Waals surface area contributed by atoms with Crippen LogP contribution in [-0.4, -0.2) is 25.2 Å². The van der Waals surface area contributed by atoms with E-state index in [1.807, 2.05) is 0 Å². The summed E-state index contributed by atoms with van der Waals surface area (Å²) in [5.74, 6) is -0.0930. The standard InChI is InChI=1S/C25H48O4/c1-3-5-7-9-15-19-23-29-25(27)21-17-13-11-10-12-16-20-24(26)28-22-18-14-8-6-4-2/h3-23H2,1-2H3. The fourth-order valence-corrected chi connectivity index (χ4v) is 3.35. The number of rotatable bonds is 22. The Balaban J connectivity index is 3.25. The van der Waals surface area contributed by atoms with Crippen LogP contribution in [0.3, 0.4) is 0 Å². The van der Waals surface area contributed by atoms with Gasteiger partial charge in [-0.3, -0.25) is 9.59 Å². The summed E-state index contributed by atoms with van der Waals surface area (Å²) in [4.78, 5) is 23.3. The number of hydrogen-bond acceptors (Lipinski definition) is 4. The maximum atomic E-state index is 11.7. The zero-order chi connectivity index (χ0) is 21.4. The van der Waals surface area contributed by atoms with Crippen molar-refractivity contribution in [1.82, 2.24) is 0 Å². The molecule has 0 aliphatic rings. The van der Waals surface area contributed by atoms with Gasteiger partial charge in [-0.2, -0.15) is 0 Å². The summed E-state index contributed by atoms with van der Waals surface area (Å²) in [7, 11) is 0. The van der Waals surface area contributed by atoms with Crippen molar-refractivity contribution in [2.45, 2.75) is 136 Å². The second-order valence-corrected chi connectivity index (χ2v) is 8.24. The molecule has 0 saturated carbocycles. The van der Waals surface area contributed by atoms with Crippen LogP contribution in [0.25, 0.3) is 0 Å². The van der Waals surface area contributed by atoms with Crippen LogP contribution in [-0.2, 0) is 19.1 Å². The van der Waals surface area contributed by atoms with Crippen LogP contribution in [0.4, 0.5) is 0 Å². The molecule has 4 heteroatoms. The molecule has 0 aromatic rings. The number of hydrogen-bond donors (Lipinski definition) is 0. The first-order valence-corrected chi connectivity index (χ1v) is 12.5. The van der Waals surface area contributed by atoms with Gasteiger partial charge in [-0.25, -0.2) is 0 Å². The summed E-state index contributed by atoms with van der Waals surface area (Å²) in [5, 5.41) is 0. The predicted octanol–water partition coefficient (Wildman–Crippen LogP) is 7.52. The van der Waals surface area contributed by atoms with Crippen molar-refractivity contribution >= 4 is 11.9 Å². The van der Waals surface area contributed by atoms with Gasteiger partial charge in [0.15, 0.2) is 0 Å². The van der Waals surface area contributed by atoms with Crippen LogP contribution in [0.2, 0.25) is 0 Å². The van der Waals surface area contributed by atoms with Crippen molar-refractivity contribution in [1.29, 1.82) is 0 Å². The van der Waals surface area contributed by atoms with E-state index in [4.69, 9.17) is 9.47 Å². The lowest BCUT2D eigenvalue weighted by Crippen LogP contribution is -2.06. The average Bonchev–Trinajstić information content (AvgIpc) is 2.71. The highest BCUT2D eigenvalue weighted by Crippen LogP contribution is 2.11. The van der Waals surface area contributed by atoms with Crippen LogP contribution in [0.5, 0.6) is 0 Å². The molecule has 0 aromatic heterocycles. The molecule has 29 heavy (non-hydrogen) atoms. The van der Waals surface area contributed by atoms with E-state index in [1.165, 1.54) is 51.4 Å². The van der Waals surface area contributed by atoms with Gasteiger partial charge < -0.3 is 9.47 Å². The first-order valence-electron chi connectivity index (χ1n) is 12.5. The first-order chi connectivity index (χ1) is 14.2. The number of ether oxygens (including phenoxy) is 2. The van der Waals surface area contributed by atoms with Gasteiger partial charge in [-0.05, 0) is 25.7 Å². The zero-order valence-corrected chi connectivity index (χ0v) is 19.5. The molecule has 172 valence electrons. The molecule has 0 aliphatic heterocycles. The lowest BCUT2D eigenvalue weighted by Gasteiger charge is -2.06. The quantitative estimate of drug-likeness (QED) is 0.136. The predicted molar refractivity (Wildman–Crippen MR) is 121 cm³/mol. The van der Waals surface area contributed by atoms with Gasteiger partial charge in [0.25, 0.3) is 0 Å². The largest absolute Gasteiger partial charge is 0.466 e. The van der Waals surface area contributed by atoms with E-state index in [9.17, 15) is 9.59 Å². The maximum Gasteiger partial charge on any atom is 0.305 e. The summed E-state index contributed by atoms with van der Waals surface area (Å²) < 4.78 is 10.6. The smallest absolute Gasteiger partial charge is 0.305 e. The molecule has 4 nitrogen and oxygen atoms in total. The Hall–Kier alpha value is -1.06. The summed E-state index contributed by atoms with van der Waals surface area (Å²) >= 11 is 0. The van der Waals surface area contributed by atoms with E-state index in [0.29, 0.717) is 26.1 Å². The third-order valence-electron chi connectivity index (χ3n) is 5.28. The topological polar surface area (TPSA) is 52.6 Å². The molecule has 0 saturated heterocycles. The van der Waals surface area contributed by atoms with E-state index < -0.39 is 0 Å². The molecule has 0 atom stereocenters. The Morgan fingerprint density at radius 2 is 0.759 bits per heavy atom. The summed E-state index contributed by atoms with van der Waals surface area (Å²) in [6, 6.07) is 0. The molecule has 0 aliphatic carbocycles. The molecule has 0 unspecified atom stereocenters. The lowest BCUT2D eigenvalue weighted by atomic mass is 10.1. The van der Waals surface area contributed by atoms with Crippen molar-refractivity contribution < 1.29 is 19.1 Å². The second kappa shape index (κ2) is 23.2. The molecule has 0 amide bonds. The molecule has 0 aromatic carbocycles. The third kappa shape index (κ3) is 23.1. The minimum absolute atomic E-state index is 0.0454. The van der Waals surface area contributed by atoms with Crippen LogP contribution >= 0.6 is 0 Å². The van der Waals surface area contributed by atoms with Gasteiger partial charge in [-0.15, -0.1) is 0 Å². The first kappa shape index (κ1) is 27.9. The average molecular weight is 413 g/mol. The van der Waals surface area contributed by atoms with Gasteiger partial charge >= 0.3 is 11.9 Å². The fraction of sp³-hybridized carbons (Fsp3) is 0.920. The molecule has 0 spiro atoms. The van der Waals surface area contributed by atoms with Gasteiger partial charge in [0, 0.05) is 12.8 Å². The minimum Gasteiger partial charge on any atom is -0.466 e. The number of esters is 2. The molecule has 0 bridgehead atoms. The van der Waals surface area contributed by atoms with Crippen LogP contribution < -0.4 is 0 Å². The minimum atomic E-state index is -0.0476. The van der Waals surface area contributed by atoms with Gasteiger partial charge in [0.05, 0.1) is 13.2 Å². The molecule has 0 heterocycles. The van der Waals surface area contributed by atoms with Gasteiger partial charge in [0.1, 0.15) is 0 Å². The molecule has 0 rings (SSSR count). The summed E-state index contributed by atoms with van der Waals surface area (Å²) in [6.07, 6.45) is 20.5. The van der Waals surface area contributed by atoms with E-state index >= 15 is 0 Å². The van der Waals surface area contributed by atoms with Crippen LogP contribution in [0.15, 0.2) is 0 Å². The van der Waals surface area contributed by atoms with Crippen molar-refractivity contribution in [2.24, 2.45) is 0 Å². The van der Waals surface area contributed by atoms with Crippen LogP contribution in [0, 0.1) is 0 Å². The molecular formula is C25H48O4. The Kier molecular flexibility index (Phi) is 22.4. The Morgan fingerprint density at radius 1 is 0.448 bits per heavy atom. The highest BCUT2D eigenvalue weighted by Gasteiger charge is 2.04. The molecule has 0 fully saturated rings. The maximum absolute atomic E-state index is 11.7. The number of unbranched alkanes of at least 4 members (excludes halogenated alkanes) is 14. The van der Waals surface area contributed by atoms with Crippen molar-refractivity contribution in [3.63, 3.8) is 0 Å². The molecule has 0 N–H and O–H groups in total. The number of carbonyl (C=O) groups is 2. The lowest BCUT2D eigenvalue weighted by molar-refractivity contribution is -0.144. The zero-order valence-electron chi connectivity index (χ0n) is 19.5. The Bertz CT molecular complexity index is 368. The van der Waals surface area contributed by atoms with Crippen molar-refractivity contribution in [3.05, 3.63) is 0 Å². The number of carbonyl (C=O) groups excluding carboxylic acids is 2. The highest BCUT2D eigenvalue weighted by atomic mass is 16.5. The van der Waals surface area contributed by atoms with E-state index in [-0.39, 0.29) is 11.9 Å². The summed E-state index contributed by atoms with van der Waals surface area (Å²) in [6.45, 7) is 5.58. The van der Waals surface area contributed by atoms with E-state index in [0.717, 1.165) is 57.8 Å². The van der Waals surface area contributed by atoms with Gasteiger partial charge in [-0.1, -0.05) is 97.3 Å². The Labute approximate surface area is 180 Å². The third-order valence-corrected chi connectivity index (χ3v) is 5.28. The van der Waals surface area contributed by atoms with E-state index in [1.54, 1.807) is 0 Å². The molecular weight excluding hydrogens is 364 g/mol. The van der Waals surface area contributed by atoms with Crippen LogP contribution in [0.1, 0.15) is 136 Å². The summed E-state index contributed by atoms with van der Waals surface area (Å²) in [5.41, 5.74) is 0. The van der Waals surface area contributed by atoms with E-state index in [2.05, 4.69) is 13.8 Å². The SMILES string of the molecule is CCCCCCCCOC(=O)CCCCCCCCC(=O)OCCCCCCC. The van der Waals surface area contributed by atoms with Crippen molar-refractivity contribution in [2.75, 3.05) is 13.2 Å². The van der Waals surface area contributed by atoms with Crippen molar-refractivity contribution in [3.8, 4) is 0 Å². The second-order valence-electron chi connectivity index (χ2n) is 8.24. The van der Waals surface area contributed by atoms with Gasteiger partial charge in [0.2, 0.25) is 0 Å². The molecule has 0 radical (unpaired) electrons. The monoisotopic (exact) mass is 412 g/mol.